The number of thiophene rings is 1. The first-order chi connectivity index (χ1) is 11.6. The third-order valence-corrected chi connectivity index (χ3v) is 4.70. The Morgan fingerprint density at radius 3 is 2.96 bits per heavy atom. The van der Waals surface area contributed by atoms with Gasteiger partial charge in [0.2, 0.25) is 5.88 Å². The van der Waals surface area contributed by atoms with Crippen molar-refractivity contribution in [1.29, 1.82) is 0 Å². The summed E-state index contributed by atoms with van der Waals surface area (Å²) in [6, 6.07) is 5.94. The van der Waals surface area contributed by atoms with E-state index in [9.17, 15) is 0 Å². The molecule has 0 bridgehead atoms. The average molecular weight is 342 g/mol. The number of aromatic nitrogens is 3. The molecule has 3 heterocycles. The van der Waals surface area contributed by atoms with Gasteiger partial charge in [-0.2, -0.15) is 16.4 Å². The second-order valence-corrected chi connectivity index (χ2v) is 6.65. The van der Waals surface area contributed by atoms with Gasteiger partial charge < -0.3 is 10.1 Å². The molecule has 0 unspecified atom stereocenters. The maximum Gasteiger partial charge on any atom is 0.222 e. The molecule has 1 atom stereocenters. The molecule has 0 aliphatic heterocycles. The predicted molar refractivity (Wildman–Crippen MR) is 96.7 cm³/mol. The highest BCUT2D eigenvalue weighted by atomic mass is 32.1. The van der Waals surface area contributed by atoms with Gasteiger partial charge in [0.1, 0.15) is 5.75 Å². The smallest absolute Gasteiger partial charge is 0.222 e. The van der Waals surface area contributed by atoms with Gasteiger partial charge in [-0.25, -0.2) is 4.68 Å². The van der Waals surface area contributed by atoms with Crippen molar-refractivity contribution < 1.29 is 4.74 Å². The van der Waals surface area contributed by atoms with Crippen molar-refractivity contribution in [3.8, 4) is 11.6 Å². The number of hydrogen-bond acceptors (Lipinski definition) is 5. The quantitative estimate of drug-likeness (QED) is 0.708. The highest BCUT2D eigenvalue weighted by molar-refractivity contribution is 7.07. The summed E-state index contributed by atoms with van der Waals surface area (Å²) in [5, 5.41) is 12.3. The minimum atomic E-state index is 0.482. The Kier molecular flexibility index (Phi) is 5.27. The van der Waals surface area contributed by atoms with E-state index in [1.165, 1.54) is 5.56 Å². The van der Waals surface area contributed by atoms with Crippen molar-refractivity contribution in [3.05, 3.63) is 58.2 Å². The third kappa shape index (κ3) is 3.83. The topological polar surface area (TPSA) is 52.0 Å². The lowest BCUT2D eigenvalue weighted by atomic mass is 10.1. The lowest BCUT2D eigenvalue weighted by Gasteiger charge is -2.12. The van der Waals surface area contributed by atoms with Gasteiger partial charge in [-0.1, -0.05) is 6.92 Å². The molecule has 0 amide bonds. The third-order valence-electron chi connectivity index (χ3n) is 4.00. The molecule has 0 spiro atoms. The van der Waals surface area contributed by atoms with Gasteiger partial charge in [0.05, 0.1) is 17.5 Å². The first kappa shape index (κ1) is 16.7. The zero-order valence-corrected chi connectivity index (χ0v) is 15.0. The first-order valence-electron chi connectivity index (χ1n) is 7.98. The summed E-state index contributed by atoms with van der Waals surface area (Å²) in [4.78, 5) is 4.09. The number of nitrogens with zero attached hydrogens (tertiary/aromatic N) is 3. The van der Waals surface area contributed by atoms with Crippen LogP contribution >= 0.6 is 11.3 Å². The first-order valence-corrected chi connectivity index (χ1v) is 8.92. The van der Waals surface area contributed by atoms with Crippen LogP contribution in [0.5, 0.6) is 11.6 Å². The molecular weight excluding hydrogens is 320 g/mol. The maximum atomic E-state index is 5.99. The Labute approximate surface area is 146 Å². The Morgan fingerprint density at radius 2 is 2.25 bits per heavy atom. The zero-order chi connectivity index (χ0) is 16.9. The van der Waals surface area contributed by atoms with Crippen LogP contribution in [0.15, 0.2) is 41.4 Å². The van der Waals surface area contributed by atoms with Crippen LogP contribution in [0.1, 0.15) is 29.7 Å². The number of rotatable bonds is 7. The fourth-order valence-electron chi connectivity index (χ4n) is 2.62. The van der Waals surface area contributed by atoms with Crippen LogP contribution in [0.25, 0.3) is 0 Å². The molecule has 0 aliphatic carbocycles. The maximum absolute atomic E-state index is 5.99. The molecule has 0 aliphatic rings. The van der Waals surface area contributed by atoms with E-state index in [4.69, 9.17) is 4.74 Å². The minimum absolute atomic E-state index is 0.482. The molecule has 5 nitrogen and oxygen atoms in total. The highest BCUT2D eigenvalue weighted by Gasteiger charge is 2.16. The molecule has 0 fully saturated rings. The van der Waals surface area contributed by atoms with Crippen molar-refractivity contribution in [3.63, 3.8) is 0 Å². The van der Waals surface area contributed by atoms with E-state index in [1.54, 1.807) is 28.4 Å². The van der Waals surface area contributed by atoms with Gasteiger partial charge >= 0.3 is 0 Å². The molecule has 3 rings (SSSR count). The summed E-state index contributed by atoms with van der Waals surface area (Å²) in [5.41, 5.74) is 3.44. The van der Waals surface area contributed by atoms with Crippen molar-refractivity contribution in [1.82, 2.24) is 20.1 Å². The van der Waals surface area contributed by atoms with Gasteiger partial charge in [0.25, 0.3) is 0 Å². The molecule has 3 aromatic rings. The van der Waals surface area contributed by atoms with Crippen LogP contribution in [-0.2, 0) is 13.6 Å². The Morgan fingerprint density at radius 1 is 1.38 bits per heavy atom. The van der Waals surface area contributed by atoms with Crippen LogP contribution in [0.4, 0.5) is 0 Å². The molecule has 0 saturated heterocycles. The summed E-state index contributed by atoms with van der Waals surface area (Å²) in [5.74, 6) is 1.96. The van der Waals surface area contributed by atoms with E-state index >= 15 is 0 Å². The number of aryl methyl sites for hydroxylation is 2. The normalized spacial score (nSPS) is 12.3. The largest absolute Gasteiger partial charge is 0.437 e. The molecule has 0 radical (unpaired) electrons. The second-order valence-electron chi connectivity index (χ2n) is 5.87. The van der Waals surface area contributed by atoms with Gasteiger partial charge in [0.15, 0.2) is 0 Å². The summed E-state index contributed by atoms with van der Waals surface area (Å²) in [6.07, 6.45) is 3.44. The van der Waals surface area contributed by atoms with Gasteiger partial charge in [-0.3, -0.25) is 4.98 Å². The second kappa shape index (κ2) is 7.59. The van der Waals surface area contributed by atoms with E-state index < -0.39 is 0 Å². The SMILES string of the molecule is Cc1nn(C)c(Oc2cccnc2)c1CNC[C@@H](C)c1ccsc1. The fraction of sp³-hybridized carbons (Fsp3) is 0.333. The summed E-state index contributed by atoms with van der Waals surface area (Å²) in [6.45, 7) is 5.88. The zero-order valence-electron chi connectivity index (χ0n) is 14.2. The standard InChI is InChI=1S/C18H22N4OS/c1-13(15-6-8-24-12-15)9-20-11-17-14(2)21-22(3)18(17)23-16-5-4-7-19-10-16/h4-8,10,12-13,20H,9,11H2,1-3H3/t13-/m1/s1. The van der Waals surface area contributed by atoms with Crippen LogP contribution in [-0.4, -0.2) is 21.3 Å². The number of ether oxygens (including phenoxy) is 1. The number of hydrogen-bond donors (Lipinski definition) is 1. The molecule has 6 heteroatoms. The van der Waals surface area contributed by atoms with Crippen LogP contribution in [0, 0.1) is 6.92 Å². The Hall–Kier alpha value is -2.18. The Bertz CT molecular complexity index is 768. The van der Waals surface area contributed by atoms with Crippen LogP contribution in [0.3, 0.4) is 0 Å². The molecule has 1 N–H and O–H groups in total. The average Bonchev–Trinajstić information content (AvgIpc) is 3.19. The summed E-state index contributed by atoms with van der Waals surface area (Å²) < 4.78 is 7.77. The molecule has 0 saturated carbocycles. The van der Waals surface area contributed by atoms with E-state index in [2.05, 4.69) is 39.1 Å². The van der Waals surface area contributed by atoms with E-state index in [0.29, 0.717) is 11.7 Å². The summed E-state index contributed by atoms with van der Waals surface area (Å²) >= 11 is 1.74. The fourth-order valence-corrected chi connectivity index (χ4v) is 3.40. The van der Waals surface area contributed by atoms with Gasteiger partial charge in [-0.05, 0) is 47.4 Å². The summed E-state index contributed by atoms with van der Waals surface area (Å²) in [7, 11) is 1.90. The van der Waals surface area contributed by atoms with Gasteiger partial charge in [-0.15, -0.1) is 0 Å². The molecule has 3 aromatic heterocycles. The van der Waals surface area contributed by atoms with Crippen molar-refractivity contribution in [2.75, 3.05) is 6.54 Å². The van der Waals surface area contributed by atoms with Crippen molar-refractivity contribution in [2.24, 2.45) is 7.05 Å². The van der Waals surface area contributed by atoms with Crippen molar-refractivity contribution in [2.45, 2.75) is 26.3 Å². The van der Waals surface area contributed by atoms with Crippen molar-refractivity contribution >= 4 is 11.3 Å². The monoisotopic (exact) mass is 342 g/mol. The highest BCUT2D eigenvalue weighted by Crippen LogP contribution is 2.27. The van der Waals surface area contributed by atoms with Crippen LogP contribution < -0.4 is 10.1 Å². The molecule has 0 aromatic carbocycles. The molecule has 24 heavy (non-hydrogen) atoms. The lowest BCUT2D eigenvalue weighted by molar-refractivity contribution is 0.422. The van der Waals surface area contributed by atoms with Gasteiger partial charge in [0, 0.05) is 26.3 Å². The molecular formula is C18H22N4OS. The lowest BCUT2D eigenvalue weighted by Crippen LogP contribution is -2.20. The number of nitrogens with one attached hydrogen (secondary N) is 1. The van der Waals surface area contributed by atoms with E-state index in [1.807, 2.05) is 26.1 Å². The predicted octanol–water partition coefficient (Wildman–Crippen LogP) is 3.87. The molecule has 126 valence electrons. The Balaban J connectivity index is 1.67. The number of pyridine rings is 1. The van der Waals surface area contributed by atoms with E-state index in [-0.39, 0.29) is 0 Å². The van der Waals surface area contributed by atoms with Crippen LogP contribution in [0.2, 0.25) is 0 Å². The van der Waals surface area contributed by atoms with E-state index in [0.717, 1.165) is 30.2 Å². The minimum Gasteiger partial charge on any atom is -0.437 e.